The molecule has 5 heteroatoms. The predicted molar refractivity (Wildman–Crippen MR) is 77.3 cm³/mol. The standard InChI is InChI=1S/C12H17IN2O2/c1-2-17-9-3-8-14-12(16)15-11-6-4-10(13)5-7-11/h4-7H,2-3,8-9H2,1H3,(H2,14,15,16). The predicted octanol–water partition coefficient (Wildman–Crippen LogP) is 2.84. The molecule has 0 aliphatic heterocycles. The van der Waals surface area contributed by atoms with Gasteiger partial charge in [0.2, 0.25) is 0 Å². The minimum absolute atomic E-state index is 0.178. The lowest BCUT2D eigenvalue weighted by Gasteiger charge is -2.07. The molecule has 2 amide bonds. The van der Waals surface area contributed by atoms with Crippen molar-refractivity contribution >= 4 is 34.3 Å². The highest BCUT2D eigenvalue weighted by atomic mass is 127. The van der Waals surface area contributed by atoms with E-state index in [1.54, 1.807) is 0 Å². The number of anilines is 1. The Balaban J connectivity index is 2.18. The third-order valence-electron chi connectivity index (χ3n) is 2.06. The molecular weight excluding hydrogens is 331 g/mol. The first-order valence-corrected chi connectivity index (χ1v) is 6.68. The minimum Gasteiger partial charge on any atom is -0.382 e. The normalized spacial score (nSPS) is 10.0. The highest BCUT2D eigenvalue weighted by Gasteiger charge is 2.00. The monoisotopic (exact) mass is 348 g/mol. The van der Waals surface area contributed by atoms with Gasteiger partial charge in [0, 0.05) is 29.0 Å². The number of benzene rings is 1. The first-order chi connectivity index (χ1) is 8.22. The van der Waals surface area contributed by atoms with Crippen molar-refractivity contribution < 1.29 is 9.53 Å². The second-order valence-corrected chi connectivity index (χ2v) is 4.68. The molecule has 0 heterocycles. The maximum Gasteiger partial charge on any atom is 0.319 e. The average molecular weight is 348 g/mol. The van der Waals surface area contributed by atoms with Gasteiger partial charge in [-0.25, -0.2) is 4.79 Å². The lowest BCUT2D eigenvalue weighted by Crippen LogP contribution is -2.30. The number of amides is 2. The number of hydrogen-bond donors (Lipinski definition) is 2. The van der Waals surface area contributed by atoms with E-state index < -0.39 is 0 Å². The Morgan fingerprint density at radius 2 is 2.06 bits per heavy atom. The molecule has 1 aromatic rings. The number of ether oxygens (including phenoxy) is 1. The number of halogens is 1. The maximum atomic E-state index is 11.5. The summed E-state index contributed by atoms with van der Waals surface area (Å²) in [4.78, 5) is 11.5. The summed E-state index contributed by atoms with van der Waals surface area (Å²) in [5.41, 5.74) is 0.799. The third kappa shape index (κ3) is 6.48. The van der Waals surface area contributed by atoms with Crippen molar-refractivity contribution in [3.05, 3.63) is 27.8 Å². The van der Waals surface area contributed by atoms with Gasteiger partial charge in [-0.3, -0.25) is 0 Å². The van der Waals surface area contributed by atoms with Crippen LogP contribution in [0.15, 0.2) is 24.3 Å². The van der Waals surface area contributed by atoms with E-state index in [1.165, 1.54) is 0 Å². The number of nitrogens with one attached hydrogen (secondary N) is 2. The molecule has 1 rings (SSSR count). The van der Waals surface area contributed by atoms with Crippen LogP contribution in [0.1, 0.15) is 13.3 Å². The largest absolute Gasteiger partial charge is 0.382 e. The number of carbonyl (C=O) groups is 1. The fourth-order valence-electron chi connectivity index (χ4n) is 1.23. The zero-order valence-corrected chi connectivity index (χ0v) is 12.0. The summed E-state index contributed by atoms with van der Waals surface area (Å²) in [6, 6.07) is 7.47. The Bertz CT molecular complexity index is 341. The first kappa shape index (κ1) is 14.2. The Morgan fingerprint density at radius 1 is 1.35 bits per heavy atom. The molecule has 0 fully saturated rings. The summed E-state index contributed by atoms with van der Waals surface area (Å²) in [6.45, 7) is 3.97. The Labute approximate surface area is 115 Å². The SMILES string of the molecule is CCOCCCNC(=O)Nc1ccc(I)cc1. The molecular formula is C12H17IN2O2. The molecule has 0 aromatic heterocycles. The van der Waals surface area contributed by atoms with Crippen LogP contribution in [-0.4, -0.2) is 25.8 Å². The van der Waals surface area contributed by atoms with Crippen LogP contribution in [0.2, 0.25) is 0 Å². The summed E-state index contributed by atoms with van der Waals surface area (Å²) in [6.07, 6.45) is 0.827. The van der Waals surface area contributed by atoms with Crippen LogP contribution in [0, 0.1) is 3.57 Å². The van der Waals surface area contributed by atoms with E-state index in [0.717, 1.165) is 22.3 Å². The van der Waals surface area contributed by atoms with Crippen molar-refractivity contribution in [2.45, 2.75) is 13.3 Å². The highest BCUT2D eigenvalue weighted by molar-refractivity contribution is 14.1. The second kappa shape index (κ2) is 8.30. The van der Waals surface area contributed by atoms with Crippen molar-refractivity contribution in [2.24, 2.45) is 0 Å². The number of rotatable bonds is 6. The smallest absolute Gasteiger partial charge is 0.319 e. The second-order valence-electron chi connectivity index (χ2n) is 3.44. The topological polar surface area (TPSA) is 50.4 Å². The zero-order valence-electron chi connectivity index (χ0n) is 9.83. The molecule has 0 radical (unpaired) electrons. The van der Waals surface area contributed by atoms with Gasteiger partial charge < -0.3 is 15.4 Å². The van der Waals surface area contributed by atoms with Gasteiger partial charge in [0.05, 0.1) is 0 Å². The van der Waals surface area contributed by atoms with E-state index in [9.17, 15) is 4.79 Å². The number of hydrogen-bond acceptors (Lipinski definition) is 2. The van der Waals surface area contributed by atoms with Crippen molar-refractivity contribution in [1.29, 1.82) is 0 Å². The Hall–Kier alpha value is -0.820. The summed E-state index contributed by atoms with van der Waals surface area (Å²) >= 11 is 2.22. The van der Waals surface area contributed by atoms with Crippen LogP contribution in [0.3, 0.4) is 0 Å². The van der Waals surface area contributed by atoms with Crippen LogP contribution in [-0.2, 0) is 4.74 Å². The van der Waals surface area contributed by atoms with Gasteiger partial charge in [0.15, 0.2) is 0 Å². The fraction of sp³-hybridized carbons (Fsp3) is 0.417. The van der Waals surface area contributed by atoms with Crippen molar-refractivity contribution in [3.63, 3.8) is 0 Å². The van der Waals surface area contributed by atoms with Crippen molar-refractivity contribution in [1.82, 2.24) is 5.32 Å². The molecule has 0 saturated carbocycles. The molecule has 0 saturated heterocycles. The van der Waals surface area contributed by atoms with E-state index >= 15 is 0 Å². The van der Waals surface area contributed by atoms with Gasteiger partial charge in [-0.05, 0) is 60.2 Å². The maximum absolute atomic E-state index is 11.5. The minimum atomic E-state index is -0.178. The van der Waals surface area contributed by atoms with Gasteiger partial charge in [0.25, 0.3) is 0 Å². The van der Waals surface area contributed by atoms with Gasteiger partial charge in [-0.15, -0.1) is 0 Å². The first-order valence-electron chi connectivity index (χ1n) is 5.60. The molecule has 4 nitrogen and oxygen atoms in total. The van der Waals surface area contributed by atoms with Gasteiger partial charge in [-0.2, -0.15) is 0 Å². The number of urea groups is 1. The Kier molecular flexibility index (Phi) is 6.95. The Morgan fingerprint density at radius 3 is 2.71 bits per heavy atom. The molecule has 17 heavy (non-hydrogen) atoms. The molecule has 0 spiro atoms. The zero-order chi connectivity index (χ0) is 12.5. The van der Waals surface area contributed by atoms with Crippen LogP contribution in [0.25, 0.3) is 0 Å². The number of carbonyl (C=O) groups excluding carboxylic acids is 1. The van der Waals surface area contributed by atoms with Gasteiger partial charge in [-0.1, -0.05) is 0 Å². The van der Waals surface area contributed by atoms with Crippen molar-refractivity contribution in [3.8, 4) is 0 Å². The molecule has 94 valence electrons. The molecule has 1 aromatic carbocycles. The third-order valence-corrected chi connectivity index (χ3v) is 2.78. The van der Waals surface area contributed by atoms with Gasteiger partial charge >= 0.3 is 6.03 Å². The lowest BCUT2D eigenvalue weighted by molar-refractivity contribution is 0.145. The summed E-state index contributed by atoms with van der Waals surface area (Å²) in [5.74, 6) is 0. The quantitative estimate of drug-likeness (QED) is 0.614. The molecule has 0 unspecified atom stereocenters. The van der Waals surface area contributed by atoms with Gasteiger partial charge in [0.1, 0.15) is 0 Å². The molecule has 0 aliphatic rings. The molecule has 0 aliphatic carbocycles. The molecule has 0 bridgehead atoms. The van der Waals surface area contributed by atoms with Crippen LogP contribution in [0.4, 0.5) is 10.5 Å². The fourth-order valence-corrected chi connectivity index (χ4v) is 1.59. The average Bonchev–Trinajstić information content (AvgIpc) is 2.32. The van der Waals surface area contributed by atoms with E-state index in [0.29, 0.717) is 13.2 Å². The van der Waals surface area contributed by atoms with Crippen LogP contribution >= 0.6 is 22.6 Å². The molecule has 0 atom stereocenters. The van der Waals surface area contributed by atoms with E-state index in [1.807, 2.05) is 31.2 Å². The lowest BCUT2D eigenvalue weighted by atomic mass is 10.3. The van der Waals surface area contributed by atoms with E-state index in [2.05, 4.69) is 33.2 Å². The summed E-state index contributed by atoms with van der Waals surface area (Å²) < 4.78 is 6.32. The molecule has 2 N–H and O–H groups in total. The van der Waals surface area contributed by atoms with E-state index in [4.69, 9.17) is 4.74 Å². The van der Waals surface area contributed by atoms with Crippen LogP contribution < -0.4 is 10.6 Å². The van der Waals surface area contributed by atoms with Crippen molar-refractivity contribution in [2.75, 3.05) is 25.1 Å². The van der Waals surface area contributed by atoms with E-state index in [-0.39, 0.29) is 6.03 Å². The highest BCUT2D eigenvalue weighted by Crippen LogP contribution is 2.10. The summed E-state index contributed by atoms with van der Waals surface area (Å²) in [7, 11) is 0. The van der Waals surface area contributed by atoms with Crippen LogP contribution in [0.5, 0.6) is 0 Å². The summed E-state index contributed by atoms with van der Waals surface area (Å²) in [5, 5.41) is 5.54.